The van der Waals surface area contributed by atoms with Gasteiger partial charge in [0.25, 0.3) is 0 Å². The van der Waals surface area contributed by atoms with E-state index in [1.54, 1.807) is 13.8 Å². The van der Waals surface area contributed by atoms with E-state index in [0.29, 0.717) is 0 Å². The molecule has 1 aromatic heterocycles. The molecular weight excluding hydrogens is 294 g/mol. The quantitative estimate of drug-likeness (QED) is 0.382. The SMILES string of the molecule is CC(C)(NOC(CN)CO)C(=O)CCn1ccnc1[N+](=O)[O-]. The largest absolute Gasteiger partial charge is 0.434 e. The molecule has 0 aliphatic rings. The fraction of sp³-hybridized carbons (Fsp3) is 0.667. The number of carbonyl (C=O) groups is 1. The van der Waals surface area contributed by atoms with Crippen molar-refractivity contribution < 1.29 is 19.7 Å². The van der Waals surface area contributed by atoms with Crippen molar-refractivity contribution in [2.45, 2.75) is 38.5 Å². The molecule has 0 saturated heterocycles. The number of carbonyl (C=O) groups excluding carboxylic acids is 1. The van der Waals surface area contributed by atoms with Crippen molar-refractivity contribution in [3.05, 3.63) is 22.5 Å². The lowest BCUT2D eigenvalue weighted by atomic mass is 9.98. The lowest BCUT2D eigenvalue weighted by Crippen LogP contribution is -2.50. The van der Waals surface area contributed by atoms with E-state index in [4.69, 9.17) is 15.7 Å². The van der Waals surface area contributed by atoms with Crippen LogP contribution in [-0.4, -0.2) is 50.2 Å². The minimum atomic E-state index is -1.02. The molecule has 0 bridgehead atoms. The van der Waals surface area contributed by atoms with Crippen LogP contribution in [-0.2, 0) is 16.2 Å². The van der Waals surface area contributed by atoms with Crippen molar-refractivity contribution in [1.29, 1.82) is 0 Å². The van der Waals surface area contributed by atoms with Crippen molar-refractivity contribution in [3.63, 3.8) is 0 Å². The predicted molar refractivity (Wildman–Crippen MR) is 76.7 cm³/mol. The second kappa shape index (κ2) is 7.94. The van der Waals surface area contributed by atoms with Gasteiger partial charge in [-0.05, 0) is 18.8 Å². The molecule has 22 heavy (non-hydrogen) atoms. The van der Waals surface area contributed by atoms with E-state index in [2.05, 4.69) is 10.5 Å². The van der Waals surface area contributed by atoms with Crippen molar-refractivity contribution in [2.75, 3.05) is 13.2 Å². The molecule has 10 nitrogen and oxygen atoms in total. The molecule has 0 aliphatic carbocycles. The van der Waals surface area contributed by atoms with Crippen molar-refractivity contribution in [2.24, 2.45) is 5.73 Å². The summed E-state index contributed by atoms with van der Waals surface area (Å²) in [5.41, 5.74) is 6.94. The van der Waals surface area contributed by atoms with Crippen molar-refractivity contribution in [1.82, 2.24) is 15.0 Å². The highest BCUT2D eigenvalue weighted by Gasteiger charge is 2.29. The van der Waals surface area contributed by atoms with Gasteiger partial charge in [0.2, 0.25) is 0 Å². The number of Topliss-reactive ketones (excluding diaryl/α,β-unsaturated/α-hetero) is 1. The van der Waals surface area contributed by atoms with Gasteiger partial charge in [-0.1, -0.05) is 4.98 Å². The molecule has 1 aromatic rings. The third-order valence-corrected chi connectivity index (χ3v) is 3.08. The van der Waals surface area contributed by atoms with Crippen molar-refractivity contribution >= 4 is 11.7 Å². The second-order valence-electron chi connectivity index (χ2n) is 5.24. The maximum atomic E-state index is 12.2. The second-order valence-corrected chi connectivity index (χ2v) is 5.24. The Balaban J connectivity index is 2.56. The topological polar surface area (TPSA) is 146 Å². The van der Waals surface area contributed by atoms with E-state index in [-0.39, 0.29) is 37.8 Å². The molecule has 0 aromatic carbocycles. The zero-order chi connectivity index (χ0) is 16.8. The molecule has 10 heteroatoms. The monoisotopic (exact) mass is 315 g/mol. The first-order chi connectivity index (χ1) is 10.3. The predicted octanol–water partition coefficient (Wildman–Crippen LogP) is -0.630. The molecular formula is C12H21N5O5. The number of rotatable bonds is 10. The highest BCUT2D eigenvalue weighted by atomic mass is 16.7. The maximum Gasteiger partial charge on any atom is 0.434 e. The van der Waals surface area contributed by atoms with Crippen LogP contribution in [0.2, 0.25) is 0 Å². The summed E-state index contributed by atoms with van der Waals surface area (Å²) in [6.45, 7) is 3.20. The number of imidazole rings is 1. The number of aryl methyl sites for hydroxylation is 1. The van der Waals surface area contributed by atoms with Crippen LogP contribution in [0.15, 0.2) is 12.4 Å². The molecule has 1 heterocycles. The Morgan fingerprint density at radius 2 is 2.36 bits per heavy atom. The smallest absolute Gasteiger partial charge is 0.394 e. The van der Waals surface area contributed by atoms with Gasteiger partial charge in [0.05, 0.1) is 18.7 Å². The number of nitrogens with zero attached hydrogens (tertiary/aromatic N) is 3. The number of aromatic nitrogens is 2. The minimum Gasteiger partial charge on any atom is -0.394 e. The number of ketones is 1. The number of hydrogen-bond acceptors (Lipinski definition) is 8. The van der Waals surface area contributed by atoms with E-state index in [0.717, 1.165) is 0 Å². The Labute approximate surface area is 127 Å². The normalized spacial score (nSPS) is 13.1. The van der Waals surface area contributed by atoms with Crippen LogP contribution in [0.5, 0.6) is 0 Å². The molecule has 0 spiro atoms. The van der Waals surface area contributed by atoms with Gasteiger partial charge in [0.15, 0.2) is 5.78 Å². The Morgan fingerprint density at radius 1 is 1.68 bits per heavy atom. The number of nitrogens with one attached hydrogen (secondary N) is 1. The molecule has 0 radical (unpaired) electrons. The fourth-order valence-electron chi connectivity index (χ4n) is 1.63. The molecule has 0 amide bonds. The number of hydrogen-bond donors (Lipinski definition) is 3. The van der Waals surface area contributed by atoms with Crippen LogP contribution >= 0.6 is 0 Å². The number of aliphatic hydroxyl groups is 1. The van der Waals surface area contributed by atoms with Crippen LogP contribution in [0.1, 0.15) is 20.3 Å². The van der Waals surface area contributed by atoms with Gasteiger partial charge < -0.3 is 21.0 Å². The molecule has 0 saturated carbocycles. The summed E-state index contributed by atoms with van der Waals surface area (Å²) >= 11 is 0. The standard InChI is InChI=1S/C12H21N5O5/c1-12(2,15-22-9(7-13)8-18)10(19)3-5-16-6-4-14-11(16)17(20)21/h4,6,9,15,18H,3,5,7-8,13H2,1-2H3. The van der Waals surface area contributed by atoms with Crippen LogP contribution in [0.3, 0.4) is 0 Å². The molecule has 1 unspecified atom stereocenters. The Bertz CT molecular complexity index is 512. The lowest BCUT2D eigenvalue weighted by molar-refractivity contribution is -0.396. The number of nitrogens with two attached hydrogens (primary N) is 1. The molecule has 124 valence electrons. The Morgan fingerprint density at radius 3 is 2.91 bits per heavy atom. The first-order valence-electron chi connectivity index (χ1n) is 6.74. The van der Waals surface area contributed by atoms with E-state index in [1.165, 1.54) is 17.0 Å². The summed E-state index contributed by atoms with van der Waals surface area (Å²) in [5, 5.41) is 19.7. The molecule has 1 atom stereocenters. The zero-order valence-corrected chi connectivity index (χ0v) is 12.6. The summed E-state index contributed by atoms with van der Waals surface area (Å²) in [4.78, 5) is 31.1. The third kappa shape index (κ3) is 4.84. The van der Waals surface area contributed by atoms with E-state index in [1.807, 2.05) is 0 Å². The van der Waals surface area contributed by atoms with Crippen LogP contribution in [0.25, 0.3) is 0 Å². The summed E-state index contributed by atoms with van der Waals surface area (Å²) in [6.07, 6.45) is 2.20. The average molecular weight is 315 g/mol. The summed E-state index contributed by atoms with van der Waals surface area (Å²) in [6, 6.07) is 0. The van der Waals surface area contributed by atoms with Gasteiger partial charge in [-0.2, -0.15) is 5.48 Å². The van der Waals surface area contributed by atoms with Gasteiger partial charge in [0, 0.05) is 13.0 Å². The highest BCUT2D eigenvalue weighted by Crippen LogP contribution is 2.12. The first kappa shape index (κ1) is 18.2. The fourth-order valence-corrected chi connectivity index (χ4v) is 1.63. The molecule has 0 aliphatic heterocycles. The van der Waals surface area contributed by atoms with Crippen LogP contribution in [0.4, 0.5) is 5.95 Å². The summed E-state index contributed by atoms with van der Waals surface area (Å²) in [5.74, 6) is -0.512. The highest BCUT2D eigenvalue weighted by molar-refractivity contribution is 5.87. The average Bonchev–Trinajstić information content (AvgIpc) is 2.94. The molecule has 4 N–H and O–H groups in total. The van der Waals surface area contributed by atoms with Gasteiger partial charge in [-0.3, -0.25) is 9.63 Å². The molecule has 0 fully saturated rings. The third-order valence-electron chi connectivity index (χ3n) is 3.08. The van der Waals surface area contributed by atoms with Gasteiger partial charge in [0.1, 0.15) is 18.5 Å². The van der Waals surface area contributed by atoms with E-state index < -0.39 is 16.6 Å². The first-order valence-corrected chi connectivity index (χ1v) is 6.74. The van der Waals surface area contributed by atoms with Crippen molar-refractivity contribution in [3.8, 4) is 0 Å². The minimum absolute atomic E-state index is 0.0625. The number of nitro groups is 1. The lowest BCUT2D eigenvalue weighted by Gasteiger charge is -2.26. The Hall–Kier alpha value is -1.88. The zero-order valence-electron chi connectivity index (χ0n) is 12.6. The Kier molecular flexibility index (Phi) is 6.56. The summed E-state index contributed by atoms with van der Waals surface area (Å²) in [7, 11) is 0. The van der Waals surface area contributed by atoms with E-state index in [9.17, 15) is 14.9 Å². The van der Waals surface area contributed by atoms with Gasteiger partial charge >= 0.3 is 5.95 Å². The number of aliphatic hydroxyl groups excluding tert-OH is 1. The van der Waals surface area contributed by atoms with E-state index >= 15 is 0 Å². The van der Waals surface area contributed by atoms with Gasteiger partial charge in [-0.15, -0.1) is 0 Å². The van der Waals surface area contributed by atoms with Crippen LogP contribution in [0, 0.1) is 10.1 Å². The van der Waals surface area contributed by atoms with Crippen LogP contribution < -0.4 is 11.2 Å². The molecule has 1 rings (SSSR count). The number of hydroxylamine groups is 1. The van der Waals surface area contributed by atoms with Gasteiger partial charge in [-0.25, -0.2) is 4.57 Å². The maximum absolute atomic E-state index is 12.2. The summed E-state index contributed by atoms with van der Waals surface area (Å²) < 4.78 is 1.30.